The molecule has 0 saturated carbocycles. The van der Waals surface area contributed by atoms with Gasteiger partial charge in [-0.1, -0.05) is 72.8 Å². The Balaban J connectivity index is 1.66. The Morgan fingerprint density at radius 3 is 2.24 bits per heavy atom. The van der Waals surface area contributed by atoms with Crippen molar-refractivity contribution < 1.29 is 15.3 Å². The third kappa shape index (κ3) is 3.21. The molecule has 0 bridgehead atoms. The zero-order valence-electron chi connectivity index (χ0n) is 17.8. The lowest BCUT2D eigenvalue weighted by Crippen LogP contribution is -2.11. The molecule has 5 aromatic rings. The molecule has 6 rings (SSSR count). The van der Waals surface area contributed by atoms with Crippen LogP contribution in [-0.2, 0) is 0 Å². The summed E-state index contributed by atoms with van der Waals surface area (Å²) in [5.74, 6) is 0.255. The lowest BCUT2D eigenvalue weighted by Gasteiger charge is -2.27. The van der Waals surface area contributed by atoms with Gasteiger partial charge >= 0.3 is 0 Å². The van der Waals surface area contributed by atoms with E-state index in [1.807, 2.05) is 36.4 Å². The maximum atomic E-state index is 11.2. The van der Waals surface area contributed by atoms with Crippen molar-refractivity contribution in [2.45, 2.75) is 11.8 Å². The fourth-order valence-electron chi connectivity index (χ4n) is 5.21. The van der Waals surface area contributed by atoms with E-state index in [1.165, 1.54) is 0 Å². The van der Waals surface area contributed by atoms with Crippen LogP contribution in [0, 0.1) is 0 Å². The summed E-state index contributed by atoms with van der Waals surface area (Å²) in [5, 5.41) is 35.7. The summed E-state index contributed by atoms with van der Waals surface area (Å²) in [5.41, 5.74) is 3.91. The summed E-state index contributed by atoms with van der Waals surface area (Å²) in [6.07, 6.45) is 4.22. The highest BCUT2D eigenvalue weighted by Gasteiger charge is 2.32. The number of hydrogen-bond donors (Lipinski definition) is 3. The Labute approximate surface area is 191 Å². The fraction of sp³-hybridized carbons (Fsp3) is 0.0667. The normalized spacial score (nSPS) is 15.7. The number of aromatic hydroxyl groups is 3. The minimum absolute atomic E-state index is 0.0906. The molecule has 3 N–H and O–H groups in total. The van der Waals surface area contributed by atoms with Crippen LogP contribution in [0.25, 0.3) is 27.6 Å². The first-order valence-electron chi connectivity index (χ1n) is 11.0. The molecule has 0 heterocycles. The molecule has 33 heavy (non-hydrogen) atoms. The second-order valence-corrected chi connectivity index (χ2v) is 8.69. The van der Waals surface area contributed by atoms with Crippen molar-refractivity contribution >= 4 is 27.6 Å². The number of rotatable bonds is 3. The van der Waals surface area contributed by atoms with Gasteiger partial charge in [-0.15, -0.1) is 0 Å². The first kappa shape index (κ1) is 19.4. The Morgan fingerprint density at radius 1 is 0.636 bits per heavy atom. The van der Waals surface area contributed by atoms with Crippen molar-refractivity contribution in [2.75, 3.05) is 0 Å². The first-order chi connectivity index (χ1) is 16.1. The summed E-state index contributed by atoms with van der Waals surface area (Å²) in [6, 6.07) is 28.9. The predicted octanol–water partition coefficient (Wildman–Crippen LogP) is 7.05. The monoisotopic (exact) mass is 430 g/mol. The van der Waals surface area contributed by atoms with Gasteiger partial charge in [0.05, 0.1) is 0 Å². The average molecular weight is 431 g/mol. The molecular formula is C30H22O3. The SMILES string of the molecule is Oc1ccc2c(c1)C(C(c1ccc3ccccc3c1)c1c(O)ccc3ccc(O)cc13)C=C2. The van der Waals surface area contributed by atoms with Gasteiger partial charge in [-0.2, -0.15) is 0 Å². The number of benzene rings is 5. The van der Waals surface area contributed by atoms with Gasteiger partial charge in [-0.05, 0) is 68.6 Å². The quantitative estimate of drug-likeness (QED) is 0.287. The molecule has 0 spiro atoms. The van der Waals surface area contributed by atoms with Crippen LogP contribution in [0.2, 0.25) is 0 Å². The molecule has 0 aromatic heterocycles. The second-order valence-electron chi connectivity index (χ2n) is 8.69. The third-order valence-corrected chi connectivity index (χ3v) is 6.74. The minimum Gasteiger partial charge on any atom is -0.508 e. The number of allylic oxidation sites excluding steroid dienone is 1. The van der Waals surface area contributed by atoms with E-state index in [0.29, 0.717) is 0 Å². The molecule has 0 radical (unpaired) electrons. The molecule has 0 amide bonds. The van der Waals surface area contributed by atoms with Gasteiger partial charge in [0.2, 0.25) is 0 Å². The molecule has 0 saturated heterocycles. The van der Waals surface area contributed by atoms with Crippen LogP contribution in [0.1, 0.15) is 34.1 Å². The van der Waals surface area contributed by atoms with Crippen LogP contribution in [0.5, 0.6) is 17.2 Å². The van der Waals surface area contributed by atoms with Crippen LogP contribution in [0.3, 0.4) is 0 Å². The summed E-state index contributed by atoms with van der Waals surface area (Å²) >= 11 is 0. The number of fused-ring (bicyclic) bond motifs is 3. The van der Waals surface area contributed by atoms with E-state index in [1.54, 1.807) is 24.3 Å². The van der Waals surface area contributed by atoms with Crippen molar-refractivity contribution in [1.29, 1.82) is 0 Å². The highest BCUT2D eigenvalue weighted by Crippen LogP contribution is 2.50. The third-order valence-electron chi connectivity index (χ3n) is 6.74. The summed E-state index contributed by atoms with van der Waals surface area (Å²) in [4.78, 5) is 0. The van der Waals surface area contributed by atoms with Crippen LogP contribution in [0.15, 0.2) is 97.1 Å². The molecule has 0 fully saturated rings. The second kappa shape index (κ2) is 7.42. The van der Waals surface area contributed by atoms with Crippen molar-refractivity contribution in [2.24, 2.45) is 0 Å². The van der Waals surface area contributed by atoms with Gasteiger partial charge in [0.1, 0.15) is 17.2 Å². The van der Waals surface area contributed by atoms with Crippen LogP contribution in [-0.4, -0.2) is 15.3 Å². The van der Waals surface area contributed by atoms with E-state index in [9.17, 15) is 15.3 Å². The maximum Gasteiger partial charge on any atom is 0.120 e. The smallest absolute Gasteiger partial charge is 0.120 e. The molecule has 1 aliphatic carbocycles. The zero-order chi connectivity index (χ0) is 22.5. The molecule has 2 atom stereocenters. The van der Waals surface area contributed by atoms with Gasteiger partial charge in [0.25, 0.3) is 0 Å². The topological polar surface area (TPSA) is 60.7 Å². The molecule has 3 heteroatoms. The largest absolute Gasteiger partial charge is 0.508 e. The van der Waals surface area contributed by atoms with Crippen molar-refractivity contribution in [3.8, 4) is 17.2 Å². The number of phenols is 3. The van der Waals surface area contributed by atoms with E-state index >= 15 is 0 Å². The van der Waals surface area contributed by atoms with Crippen LogP contribution >= 0.6 is 0 Å². The van der Waals surface area contributed by atoms with Crippen LogP contribution < -0.4 is 0 Å². The lowest BCUT2D eigenvalue weighted by molar-refractivity contribution is 0.463. The van der Waals surface area contributed by atoms with E-state index in [2.05, 4.69) is 42.5 Å². The van der Waals surface area contributed by atoms with E-state index < -0.39 is 0 Å². The molecule has 2 unspecified atom stereocenters. The fourth-order valence-corrected chi connectivity index (χ4v) is 5.21. The zero-order valence-corrected chi connectivity index (χ0v) is 17.8. The number of hydrogen-bond acceptors (Lipinski definition) is 3. The summed E-state index contributed by atoms with van der Waals surface area (Å²) in [7, 11) is 0. The van der Waals surface area contributed by atoms with Gasteiger partial charge in [-0.25, -0.2) is 0 Å². The lowest BCUT2D eigenvalue weighted by atomic mass is 9.76. The predicted molar refractivity (Wildman–Crippen MR) is 133 cm³/mol. The molecule has 0 aliphatic heterocycles. The molecule has 3 nitrogen and oxygen atoms in total. The van der Waals surface area contributed by atoms with E-state index in [0.717, 1.165) is 43.8 Å². The van der Waals surface area contributed by atoms with Gasteiger partial charge in [0, 0.05) is 17.4 Å². The van der Waals surface area contributed by atoms with Crippen LogP contribution in [0.4, 0.5) is 0 Å². The molecule has 1 aliphatic rings. The Hall–Kier alpha value is -4.24. The highest BCUT2D eigenvalue weighted by molar-refractivity contribution is 5.91. The van der Waals surface area contributed by atoms with Crippen molar-refractivity contribution in [3.05, 3.63) is 119 Å². The van der Waals surface area contributed by atoms with Crippen molar-refractivity contribution in [3.63, 3.8) is 0 Å². The van der Waals surface area contributed by atoms with E-state index in [-0.39, 0.29) is 29.1 Å². The Kier molecular flexibility index (Phi) is 4.37. The Bertz CT molecular complexity index is 1560. The Morgan fingerprint density at radius 2 is 1.36 bits per heavy atom. The summed E-state index contributed by atoms with van der Waals surface area (Å²) in [6.45, 7) is 0. The summed E-state index contributed by atoms with van der Waals surface area (Å²) < 4.78 is 0. The van der Waals surface area contributed by atoms with Gasteiger partial charge < -0.3 is 15.3 Å². The minimum atomic E-state index is -0.223. The van der Waals surface area contributed by atoms with Gasteiger partial charge in [0.15, 0.2) is 0 Å². The molecular weight excluding hydrogens is 408 g/mol. The van der Waals surface area contributed by atoms with E-state index in [4.69, 9.17) is 0 Å². The first-order valence-corrected chi connectivity index (χ1v) is 11.0. The van der Waals surface area contributed by atoms with Crippen molar-refractivity contribution in [1.82, 2.24) is 0 Å². The van der Waals surface area contributed by atoms with Gasteiger partial charge in [-0.3, -0.25) is 0 Å². The average Bonchev–Trinajstić information content (AvgIpc) is 3.23. The standard InChI is InChI=1S/C30H22O3/c31-23-11-7-19-9-13-25(26(19)16-23)29(22-6-5-18-3-1-2-4-21(18)15-22)30-27-17-24(32)12-8-20(27)10-14-28(30)33/h1-17,25,29,31-33H. The molecule has 160 valence electrons. The molecule has 5 aromatic carbocycles. The highest BCUT2D eigenvalue weighted by atomic mass is 16.3. The number of phenolic OH excluding ortho intramolecular Hbond substituents is 3. The maximum absolute atomic E-state index is 11.2.